The number of aliphatic hydroxyl groups excluding tert-OH is 1. The maximum absolute atomic E-state index is 14.2. The average Bonchev–Trinajstić information content (AvgIpc) is 3.71. The fourth-order valence-corrected chi connectivity index (χ4v) is 7.14. The summed E-state index contributed by atoms with van der Waals surface area (Å²) in [6, 6.07) is 30.7. The van der Waals surface area contributed by atoms with Crippen molar-refractivity contribution >= 4 is 28.9 Å². The van der Waals surface area contributed by atoms with Gasteiger partial charge in [-0.25, -0.2) is 0 Å². The second-order valence-electron chi connectivity index (χ2n) is 13.1. The molecular weight excluding hydrogens is 642 g/mol. The Balaban J connectivity index is 1.06. The number of nitrogens with zero attached hydrogens (tertiary/aromatic N) is 5. The first-order valence-corrected chi connectivity index (χ1v) is 17.3. The SMILES string of the molecule is COc1ccc2c(c1)[C@@](O)([C@H](C)/C=C/CCn1cc(C(CO)c3ccccc3)nn1)C(=O)N2Cc1ccc(N2C(=O)CCc3ccccc32)cc1. The van der Waals surface area contributed by atoms with Gasteiger partial charge in [-0.1, -0.05) is 85.0 Å². The smallest absolute Gasteiger partial charge is 0.264 e. The number of methoxy groups -OCH3 is 1. The normalized spacial score (nSPS) is 18.2. The van der Waals surface area contributed by atoms with Crippen LogP contribution in [0.25, 0.3) is 0 Å². The minimum absolute atomic E-state index is 0.0515. The van der Waals surface area contributed by atoms with Crippen molar-refractivity contribution < 1.29 is 24.5 Å². The number of amides is 2. The maximum Gasteiger partial charge on any atom is 0.264 e. The number of carbonyl (C=O) groups excluding carboxylic acids is 2. The van der Waals surface area contributed by atoms with E-state index in [4.69, 9.17) is 4.74 Å². The number of carbonyl (C=O) groups is 2. The second-order valence-corrected chi connectivity index (χ2v) is 13.1. The van der Waals surface area contributed by atoms with Crippen molar-refractivity contribution in [2.75, 3.05) is 23.5 Å². The molecule has 0 spiro atoms. The van der Waals surface area contributed by atoms with E-state index in [-0.39, 0.29) is 25.0 Å². The molecule has 1 unspecified atom stereocenters. The van der Waals surface area contributed by atoms with E-state index in [9.17, 15) is 19.8 Å². The van der Waals surface area contributed by atoms with Gasteiger partial charge in [-0.3, -0.25) is 19.2 Å². The van der Waals surface area contributed by atoms with Gasteiger partial charge in [0.15, 0.2) is 5.60 Å². The zero-order chi connectivity index (χ0) is 35.5. The fourth-order valence-electron chi connectivity index (χ4n) is 7.14. The van der Waals surface area contributed by atoms with E-state index < -0.39 is 17.4 Å². The lowest BCUT2D eigenvalue weighted by Crippen LogP contribution is -2.44. The van der Waals surface area contributed by atoms with Gasteiger partial charge in [-0.05, 0) is 65.9 Å². The quantitative estimate of drug-likeness (QED) is 0.154. The van der Waals surface area contributed by atoms with Gasteiger partial charge in [-0.15, -0.1) is 5.10 Å². The van der Waals surface area contributed by atoms with Crippen LogP contribution in [0, 0.1) is 5.92 Å². The van der Waals surface area contributed by atoms with Crippen molar-refractivity contribution in [1.82, 2.24) is 15.0 Å². The average molecular weight is 684 g/mol. The van der Waals surface area contributed by atoms with Crippen LogP contribution in [0.15, 0.2) is 115 Å². The summed E-state index contributed by atoms with van der Waals surface area (Å²) in [6.07, 6.45) is 7.43. The van der Waals surface area contributed by atoms with Crippen LogP contribution in [-0.2, 0) is 34.7 Å². The Morgan fingerprint density at radius 3 is 2.47 bits per heavy atom. The Hall–Kier alpha value is -5.58. The number of aryl methyl sites for hydroxylation is 2. The Morgan fingerprint density at radius 2 is 1.71 bits per heavy atom. The van der Waals surface area contributed by atoms with E-state index in [1.165, 1.54) is 0 Å². The van der Waals surface area contributed by atoms with Gasteiger partial charge in [0, 0.05) is 36.3 Å². The van der Waals surface area contributed by atoms with Crippen molar-refractivity contribution in [2.45, 2.75) is 50.8 Å². The number of fused-ring (bicyclic) bond motifs is 2. The van der Waals surface area contributed by atoms with Gasteiger partial charge < -0.3 is 19.8 Å². The molecule has 2 aliphatic heterocycles. The highest BCUT2D eigenvalue weighted by Crippen LogP contribution is 2.47. The molecule has 1 aromatic heterocycles. The molecule has 3 heterocycles. The zero-order valence-corrected chi connectivity index (χ0v) is 28.7. The Labute approximate surface area is 297 Å². The predicted octanol–water partition coefficient (Wildman–Crippen LogP) is 6.04. The molecule has 2 amide bonds. The van der Waals surface area contributed by atoms with E-state index in [1.54, 1.807) is 33.7 Å². The molecular formula is C41H41N5O5. The first kappa shape index (κ1) is 33.9. The van der Waals surface area contributed by atoms with E-state index in [2.05, 4.69) is 16.4 Å². The number of hydrogen-bond acceptors (Lipinski definition) is 7. The van der Waals surface area contributed by atoms with Crippen LogP contribution in [0.2, 0.25) is 0 Å². The van der Waals surface area contributed by atoms with Gasteiger partial charge in [0.1, 0.15) is 5.75 Å². The number of para-hydroxylation sites is 1. The number of allylic oxidation sites excluding steroid dienone is 1. The Morgan fingerprint density at radius 1 is 0.941 bits per heavy atom. The third-order valence-electron chi connectivity index (χ3n) is 10.0. The van der Waals surface area contributed by atoms with Crippen molar-refractivity contribution in [1.29, 1.82) is 0 Å². The lowest BCUT2D eigenvalue weighted by molar-refractivity contribution is -0.139. The van der Waals surface area contributed by atoms with Gasteiger partial charge in [0.2, 0.25) is 5.91 Å². The summed E-state index contributed by atoms with van der Waals surface area (Å²) < 4.78 is 7.22. The number of anilines is 3. The molecule has 0 bridgehead atoms. The van der Waals surface area contributed by atoms with Crippen LogP contribution < -0.4 is 14.5 Å². The fraction of sp³-hybridized carbons (Fsp3) is 0.268. The zero-order valence-electron chi connectivity index (χ0n) is 28.7. The largest absolute Gasteiger partial charge is 0.497 e. The van der Waals surface area contributed by atoms with Gasteiger partial charge >= 0.3 is 0 Å². The lowest BCUT2D eigenvalue weighted by Gasteiger charge is -2.30. The summed E-state index contributed by atoms with van der Waals surface area (Å²) in [4.78, 5) is 30.5. The Bertz CT molecular complexity index is 2060. The molecule has 0 saturated heterocycles. The molecule has 0 saturated carbocycles. The number of ether oxygens (including phenoxy) is 1. The van der Waals surface area contributed by atoms with Crippen LogP contribution in [0.3, 0.4) is 0 Å². The van der Waals surface area contributed by atoms with E-state index in [0.29, 0.717) is 42.1 Å². The minimum atomic E-state index is -1.81. The molecule has 10 nitrogen and oxygen atoms in total. The highest BCUT2D eigenvalue weighted by atomic mass is 16.5. The van der Waals surface area contributed by atoms with Crippen LogP contribution >= 0.6 is 0 Å². The molecule has 260 valence electrons. The van der Waals surface area contributed by atoms with Crippen LogP contribution in [-0.4, -0.2) is 50.7 Å². The van der Waals surface area contributed by atoms with Crippen molar-refractivity contribution in [3.05, 3.63) is 143 Å². The predicted molar refractivity (Wildman–Crippen MR) is 195 cm³/mol. The van der Waals surface area contributed by atoms with E-state index in [0.717, 1.165) is 34.5 Å². The number of benzene rings is 4. The van der Waals surface area contributed by atoms with E-state index >= 15 is 0 Å². The third-order valence-corrected chi connectivity index (χ3v) is 10.0. The third kappa shape index (κ3) is 6.44. The molecule has 2 N–H and O–H groups in total. The van der Waals surface area contributed by atoms with Gasteiger partial charge in [0.25, 0.3) is 5.91 Å². The molecule has 2 aliphatic rings. The summed E-state index contributed by atoms with van der Waals surface area (Å²) >= 11 is 0. The van der Waals surface area contributed by atoms with Crippen molar-refractivity contribution in [2.24, 2.45) is 5.92 Å². The number of aromatic nitrogens is 3. The highest BCUT2D eigenvalue weighted by Gasteiger charge is 2.52. The van der Waals surface area contributed by atoms with Crippen molar-refractivity contribution in [3.8, 4) is 5.75 Å². The summed E-state index contributed by atoms with van der Waals surface area (Å²) in [6.45, 7) is 2.55. The molecule has 51 heavy (non-hydrogen) atoms. The standard InChI is InChI=1S/C41H41N5O5/c1-28(10-8-9-23-44-26-36(42-43-44)34(27-47)30-11-4-3-5-12-30)41(50)35-24-33(51-2)20-21-38(35)45(40(41)49)25-29-15-18-32(19-16-29)46-37-14-7-6-13-31(37)17-22-39(46)48/h3-8,10-16,18-21,24,26,28,34,47,50H,9,17,22-23,25,27H2,1-2H3/b10-8+/t28-,34?,41+/m1/s1. The van der Waals surface area contributed by atoms with Crippen LogP contribution in [0.1, 0.15) is 53.6 Å². The van der Waals surface area contributed by atoms with Crippen LogP contribution in [0.5, 0.6) is 5.75 Å². The topological polar surface area (TPSA) is 121 Å². The molecule has 0 aliphatic carbocycles. The highest BCUT2D eigenvalue weighted by molar-refractivity contribution is 6.07. The summed E-state index contributed by atoms with van der Waals surface area (Å²) in [5, 5.41) is 30.8. The minimum Gasteiger partial charge on any atom is -0.497 e. The number of hydrogen-bond donors (Lipinski definition) is 2. The number of aliphatic hydroxyl groups is 2. The van der Waals surface area contributed by atoms with E-state index in [1.807, 2.05) is 104 Å². The first-order chi connectivity index (χ1) is 24.8. The first-order valence-electron chi connectivity index (χ1n) is 17.3. The van der Waals surface area contributed by atoms with Gasteiger partial charge in [-0.2, -0.15) is 0 Å². The van der Waals surface area contributed by atoms with Crippen molar-refractivity contribution in [3.63, 3.8) is 0 Å². The molecule has 10 heteroatoms. The monoisotopic (exact) mass is 683 g/mol. The van der Waals surface area contributed by atoms with Crippen LogP contribution in [0.4, 0.5) is 17.1 Å². The summed E-state index contributed by atoms with van der Waals surface area (Å²) in [5.41, 5.74) is 4.65. The lowest BCUT2D eigenvalue weighted by atomic mass is 9.83. The number of rotatable bonds is 12. The second kappa shape index (κ2) is 14.3. The maximum atomic E-state index is 14.2. The summed E-state index contributed by atoms with van der Waals surface area (Å²) in [5.74, 6) is -0.629. The molecule has 4 aromatic carbocycles. The molecule has 0 radical (unpaired) electrons. The summed E-state index contributed by atoms with van der Waals surface area (Å²) in [7, 11) is 1.56. The molecule has 3 atom stereocenters. The molecule has 7 rings (SSSR count). The van der Waals surface area contributed by atoms with Gasteiger partial charge in [0.05, 0.1) is 43.2 Å². The molecule has 0 fully saturated rings. The Kier molecular flexibility index (Phi) is 9.53. The molecule has 5 aromatic rings.